The highest BCUT2D eigenvalue weighted by Gasteiger charge is 2.44. The zero-order valence-electron chi connectivity index (χ0n) is 14.0. The maximum Gasteiger partial charge on any atom is 0.251 e. The molecule has 4 rings (SSSR count). The quantitative estimate of drug-likeness (QED) is 0.791. The normalized spacial score (nSPS) is 20.9. The Bertz CT molecular complexity index is 865. The van der Waals surface area contributed by atoms with Gasteiger partial charge in [-0.05, 0) is 42.2 Å². The number of carbonyl (C=O) groups is 2. The van der Waals surface area contributed by atoms with E-state index in [0.717, 1.165) is 23.4 Å². The first-order valence-electron chi connectivity index (χ1n) is 8.48. The van der Waals surface area contributed by atoms with Crippen LogP contribution in [0.3, 0.4) is 0 Å². The zero-order chi connectivity index (χ0) is 17.6. The molecule has 128 valence electrons. The first-order chi connectivity index (χ1) is 12.0. The summed E-state index contributed by atoms with van der Waals surface area (Å²) in [5.74, 6) is -1.20. The molecule has 2 aliphatic rings. The number of nitrogens with zero attached hydrogens (tertiary/aromatic N) is 2. The van der Waals surface area contributed by atoms with Gasteiger partial charge in [0.15, 0.2) is 0 Å². The minimum atomic E-state index is -0.536. The van der Waals surface area contributed by atoms with E-state index in [9.17, 15) is 14.0 Å². The monoisotopic (exact) mass is 338 g/mol. The minimum absolute atomic E-state index is 0.0560. The molecule has 0 aromatic heterocycles. The number of benzene rings is 2. The van der Waals surface area contributed by atoms with Crippen molar-refractivity contribution < 1.29 is 14.0 Å². The average Bonchev–Trinajstić information content (AvgIpc) is 2.89. The molecule has 25 heavy (non-hydrogen) atoms. The predicted molar refractivity (Wildman–Crippen MR) is 92.6 cm³/mol. The summed E-state index contributed by atoms with van der Waals surface area (Å²) in [6, 6.07) is 12.2. The number of rotatable bonds is 2. The number of carbonyl (C=O) groups excluding carboxylic acids is 2. The maximum atomic E-state index is 14.3. The van der Waals surface area contributed by atoms with Gasteiger partial charge in [0.05, 0.1) is 18.2 Å². The second-order valence-electron chi connectivity index (χ2n) is 6.73. The summed E-state index contributed by atoms with van der Waals surface area (Å²) in [6.07, 6.45) is 0.960. The molecule has 0 saturated carbocycles. The van der Waals surface area contributed by atoms with E-state index in [1.807, 2.05) is 17.0 Å². The fourth-order valence-corrected chi connectivity index (χ4v) is 3.73. The average molecular weight is 338 g/mol. The van der Waals surface area contributed by atoms with Crippen LogP contribution >= 0.6 is 0 Å². The topological polar surface area (TPSA) is 40.6 Å². The molecule has 2 heterocycles. The molecule has 1 atom stereocenters. The highest BCUT2D eigenvalue weighted by atomic mass is 19.1. The molecule has 1 fully saturated rings. The summed E-state index contributed by atoms with van der Waals surface area (Å²) >= 11 is 0. The lowest BCUT2D eigenvalue weighted by Gasteiger charge is -2.32. The Labute approximate surface area is 145 Å². The molecule has 1 saturated heterocycles. The summed E-state index contributed by atoms with van der Waals surface area (Å²) in [5, 5.41) is 0. The van der Waals surface area contributed by atoms with Gasteiger partial charge in [0, 0.05) is 13.1 Å². The summed E-state index contributed by atoms with van der Waals surface area (Å²) in [6.45, 7) is 3.14. The highest BCUT2D eigenvalue weighted by molar-refractivity contribution is 6.22. The largest absolute Gasteiger partial charge is 0.287 e. The lowest BCUT2D eigenvalue weighted by Crippen LogP contribution is -2.44. The molecule has 2 amide bonds. The van der Waals surface area contributed by atoms with Crippen LogP contribution in [0.25, 0.3) is 0 Å². The van der Waals surface area contributed by atoms with Gasteiger partial charge < -0.3 is 0 Å². The van der Waals surface area contributed by atoms with Crippen LogP contribution in [-0.2, 0) is 22.6 Å². The van der Waals surface area contributed by atoms with Gasteiger partial charge in [-0.1, -0.05) is 30.3 Å². The van der Waals surface area contributed by atoms with Gasteiger partial charge in [0.2, 0.25) is 5.91 Å². The van der Waals surface area contributed by atoms with E-state index in [2.05, 4.69) is 12.1 Å². The van der Waals surface area contributed by atoms with Gasteiger partial charge in [0.1, 0.15) is 5.82 Å². The van der Waals surface area contributed by atoms with E-state index in [-0.39, 0.29) is 23.9 Å². The predicted octanol–water partition coefficient (Wildman–Crippen LogP) is 2.82. The molecule has 4 nitrogen and oxygen atoms in total. The van der Waals surface area contributed by atoms with Crippen LogP contribution in [0.2, 0.25) is 0 Å². The summed E-state index contributed by atoms with van der Waals surface area (Å²) < 4.78 is 14.3. The van der Waals surface area contributed by atoms with Crippen molar-refractivity contribution in [2.24, 2.45) is 0 Å². The molecule has 0 bridgehead atoms. The van der Waals surface area contributed by atoms with Gasteiger partial charge in [-0.3, -0.25) is 14.5 Å². The lowest BCUT2D eigenvalue weighted by atomic mass is 9.98. The first kappa shape index (κ1) is 16.0. The van der Waals surface area contributed by atoms with Crippen LogP contribution in [0.4, 0.5) is 10.1 Å². The highest BCUT2D eigenvalue weighted by Crippen LogP contribution is 2.30. The first-order valence-corrected chi connectivity index (χ1v) is 8.48. The smallest absolute Gasteiger partial charge is 0.251 e. The van der Waals surface area contributed by atoms with Crippen molar-refractivity contribution >= 4 is 17.5 Å². The minimum Gasteiger partial charge on any atom is -0.287 e. The van der Waals surface area contributed by atoms with Crippen LogP contribution < -0.4 is 4.90 Å². The van der Waals surface area contributed by atoms with Crippen LogP contribution in [-0.4, -0.2) is 29.3 Å². The van der Waals surface area contributed by atoms with Crippen molar-refractivity contribution in [3.63, 3.8) is 0 Å². The lowest BCUT2D eigenvalue weighted by molar-refractivity contribution is -0.123. The number of aryl methyl sites for hydroxylation is 1. The van der Waals surface area contributed by atoms with Gasteiger partial charge in [0.25, 0.3) is 5.91 Å². The number of hydrogen-bond acceptors (Lipinski definition) is 3. The third-order valence-corrected chi connectivity index (χ3v) is 5.07. The van der Waals surface area contributed by atoms with Gasteiger partial charge in [-0.25, -0.2) is 9.29 Å². The third kappa shape index (κ3) is 2.74. The fraction of sp³-hybridized carbons (Fsp3) is 0.300. The molecule has 0 aliphatic carbocycles. The second kappa shape index (κ2) is 6.08. The molecule has 0 N–H and O–H groups in total. The number of fused-ring (bicyclic) bond motifs is 1. The third-order valence-electron chi connectivity index (χ3n) is 5.07. The van der Waals surface area contributed by atoms with E-state index in [0.29, 0.717) is 6.54 Å². The van der Waals surface area contributed by atoms with Crippen molar-refractivity contribution in [3.05, 3.63) is 65.0 Å². The second-order valence-corrected chi connectivity index (χ2v) is 6.73. The molecule has 1 unspecified atom stereocenters. The summed E-state index contributed by atoms with van der Waals surface area (Å²) in [7, 11) is 0. The standard InChI is InChI=1S/C20H19FN2O2/c1-13-6-7-17(16(21)10-13)23-19(24)11-18(20(23)25)22-9-8-14-4-2-3-5-15(14)12-22/h2-7,10,18H,8-9,11-12H2,1H3. The van der Waals surface area contributed by atoms with Crippen molar-refractivity contribution in [3.8, 4) is 0 Å². The Balaban J connectivity index is 1.60. The molecule has 2 aromatic carbocycles. The zero-order valence-corrected chi connectivity index (χ0v) is 14.0. The number of halogens is 1. The van der Waals surface area contributed by atoms with Crippen LogP contribution in [0.5, 0.6) is 0 Å². The van der Waals surface area contributed by atoms with Gasteiger partial charge >= 0.3 is 0 Å². The van der Waals surface area contributed by atoms with Crippen molar-refractivity contribution in [1.29, 1.82) is 0 Å². The van der Waals surface area contributed by atoms with Gasteiger partial charge in [-0.2, -0.15) is 0 Å². The molecule has 0 radical (unpaired) electrons. The molecular weight excluding hydrogens is 319 g/mol. The van der Waals surface area contributed by atoms with Crippen LogP contribution in [0.1, 0.15) is 23.1 Å². The SMILES string of the molecule is Cc1ccc(N2C(=O)CC(N3CCc4ccccc4C3)C2=O)c(F)c1. The molecule has 2 aliphatic heterocycles. The summed E-state index contributed by atoms with van der Waals surface area (Å²) in [4.78, 5) is 28.3. The Morgan fingerprint density at radius 2 is 1.84 bits per heavy atom. The number of amides is 2. The maximum absolute atomic E-state index is 14.3. The number of anilines is 1. The van der Waals surface area contributed by atoms with Crippen LogP contribution in [0, 0.1) is 12.7 Å². The summed E-state index contributed by atoms with van der Waals surface area (Å²) in [5.41, 5.74) is 3.29. The van der Waals surface area contributed by atoms with E-state index in [4.69, 9.17) is 0 Å². The fourth-order valence-electron chi connectivity index (χ4n) is 3.73. The van der Waals surface area contributed by atoms with E-state index in [1.54, 1.807) is 13.0 Å². The number of imide groups is 1. The van der Waals surface area contributed by atoms with E-state index in [1.165, 1.54) is 23.3 Å². The van der Waals surface area contributed by atoms with E-state index < -0.39 is 11.9 Å². The van der Waals surface area contributed by atoms with Crippen molar-refractivity contribution in [1.82, 2.24) is 4.90 Å². The molecule has 0 spiro atoms. The van der Waals surface area contributed by atoms with Gasteiger partial charge in [-0.15, -0.1) is 0 Å². The molecule has 5 heteroatoms. The van der Waals surface area contributed by atoms with E-state index >= 15 is 0 Å². The number of hydrogen-bond donors (Lipinski definition) is 0. The Hall–Kier alpha value is -2.53. The van der Waals surface area contributed by atoms with Crippen molar-refractivity contribution in [2.45, 2.75) is 32.4 Å². The molecule has 2 aromatic rings. The Kier molecular flexibility index (Phi) is 3.88. The van der Waals surface area contributed by atoms with Crippen molar-refractivity contribution in [2.75, 3.05) is 11.4 Å². The Morgan fingerprint density at radius 3 is 2.60 bits per heavy atom. The molecular formula is C20H19FN2O2. The Morgan fingerprint density at radius 1 is 1.08 bits per heavy atom. The van der Waals surface area contributed by atoms with Crippen LogP contribution in [0.15, 0.2) is 42.5 Å².